The summed E-state index contributed by atoms with van der Waals surface area (Å²) in [5.41, 5.74) is 6.52. The monoisotopic (exact) mass is 761 g/mol. The number of nitrogens with one attached hydrogen (secondary N) is 2. The molecule has 0 bridgehead atoms. The molecule has 3 aromatic rings. The Bertz CT molecular complexity index is 1920. The third-order valence-electron chi connectivity index (χ3n) is 9.64. The lowest BCUT2D eigenvalue weighted by molar-refractivity contribution is -0.142. The van der Waals surface area contributed by atoms with Gasteiger partial charge in [0.25, 0.3) is 5.91 Å². The molecule has 1 aliphatic heterocycles. The highest BCUT2D eigenvalue weighted by atomic mass is 35.5. The van der Waals surface area contributed by atoms with E-state index in [-0.39, 0.29) is 44.2 Å². The quantitative estimate of drug-likeness (QED) is 0.243. The van der Waals surface area contributed by atoms with Gasteiger partial charge in [-0.15, -0.1) is 31.4 Å². The van der Waals surface area contributed by atoms with Crippen molar-refractivity contribution in [2.24, 2.45) is 17.1 Å². The number of rotatable bonds is 11. The van der Waals surface area contributed by atoms with Crippen LogP contribution in [0.15, 0.2) is 67.3 Å². The molecule has 2 aliphatic carbocycles. The van der Waals surface area contributed by atoms with Crippen LogP contribution in [-0.2, 0) is 24.4 Å². The molecule has 276 valence electrons. The Morgan fingerprint density at radius 1 is 1.10 bits per heavy atom. The fraction of sp³-hybridized carbons (Fsp3) is 0.444. The first kappa shape index (κ1) is 39.9. The average molecular weight is 763 g/mol. The summed E-state index contributed by atoms with van der Waals surface area (Å²) in [5.74, 6) is -1.17. The van der Waals surface area contributed by atoms with Crippen LogP contribution in [0.1, 0.15) is 46.5 Å². The number of hydrogen-bond acceptors (Lipinski definition) is 9. The third-order valence-corrected chi connectivity index (χ3v) is 11.5. The van der Waals surface area contributed by atoms with Crippen LogP contribution in [0, 0.1) is 11.3 Å². The second kappa shape index (κ2) is 15.0. The van der Waals surface area contributed by atoms with E-state index in [1.54, 1.807) is 7.11 Å². The Morgan fingerprint density at radius 3 is 2.37 bits per heavy atom. The van der Waals surface area contributed by atoms with Crippen LogP contribution < -0.4 is 25.2 Å². The van der Waals surface area contributed by atoms with E-state index in [4.69, 9.17) is 20.2 Å². The minimum absolute atomic E-state index is 0. The Kier molecular flexibility index (Phi) is 11.7. The van der Waals surface area contributed by atoms with E-state index in [0.717, 1.165) is 10.9 Å². The van der Waals surface area contributed by atoms with E-state index in [2.05, 4.69) is 16.6 Å². The van der Waals surface area contributed by atoms with Crippen LogP contribution >= 0.6 is 24.8 Å². The molecule has 1 saturated heterocycles. The molecule has 3 fully saturated rings. The first-order valence-corrected chi connectivity index (χ1v) is 18.0. The summed E-state index contributed by atoms with van der Waals surface area (Å²) in [4.78, 5) is 47.6. The van der Waals surface area contributed by atoms with Gasteiger partial charge in [0.2, 0.25) is 21.8 Å². The van der Waals surface area contributed by atoms with E-state index in [0.29, 0.717) is 35.6 Å². The first-order chi connectivity index (χ1) is 23.2. The summed E-state index contributed by atoms with van der Waals surface area (Å²) in [6.45, 7) is 9.36. The summed E-state index contributed by atoms with van der Waals surface area (Å²) in [6, 6.07) is 15.0. The van der Waals surface area contributed by atoms with Crippen molar-refractivity contribution in [2.75, 3.05) is 13.7 Å². The summed E-state index contributed by atoms with van der Waals surface area (Å²) in [7, 11) is -2.28. The highest BCUT2D eigenvalue weighted by molar-refractivity contribution is 7.91. The predicted octanol–water partition coefficient (Wildman–Crippen LogP) is 4.15. The lowest BCUT2D eigenvalue weighted by Gasteiger charge is -2.33. The molecule has 51 heavy (non-hydrogen) atoms. The highest BCUT2D eigenvalue weighted by Crippen LogP contribution is 2.45. The maximum atomic E-state index is 14.1. The number of nitrogens with two attached hydrogens (primary N) is 1. The Balaban J connectivity index is 0.00000292. The molecule has 0 spiro atoms. The van der Waals surface area contributed by atoms with Gasteiger partial charge in [-0.2, -0.15) is 0 Å². The molecule has 3 amide bonds. The standard InChI is InChI=1S/C36H43N5O7S.2ClH/c1-6-22-19-36(22,34(44)40-49(45,46)25-13-14-25)39-32(42)29-17-24(20-41(29)33(43)31(37)35(2,3)4)48-30-18-27(21-10-8-7-9-11-21)38-28-16-23(47-5)12-15-26(28)30;;/h6-12,15-16,18,22,24-25,29,31H,1,13-14,17,19-20,37H2,2-5H3,(H,39,42)(H,40,44);2*1H/t22-,24-,29+,31-,36-;;/m1../s1. The number of amides is 3. The SMILES string of the molecule is C=C[C@@H]1C[C@]1(NC(=O)[C@@H]1C[C@@H](Oc2cc(-c3ccccc3)nc3cc(OC)ccc23)CN1C(=O)[C@@H](N)C(C)(C)C)C(=O)NS(=O)(=O)C1CC1.Cl.Cl. The first-order valence-electron chi connectivity index (χ1n) is 16.4. The van der Waals surface area contributed by atoms with Crippen molar-refractivity contribution in [3.63, 3.8) is 0 Å². The van der Waals surface area contributed by atoms with Crippen LogP contribution in [-0.4, -0.2) is 78.7 Å². The summed E-state index contributed by atoms with van der Waals surface area (Å²) in [6.07, 6.45) is 2.15. The lowest BCUT2D eigenvalue weighted by atomic mass is 9.86. The second-order valence-corrected chi connectivity index (χ2v) is 16.2. The number of ether oxygens (including phenoxy) is 2. The zero-order valence-corrected chi connectivity index (χ0v) is 31.4. The van der Waals surface area contributed by atoms with Crippen molar-refractivity contribution in [2.45, 2.75) is 75.4 Å². The molecule has 6 rings (SSSR count). The van der Waals surface area contributed by atoms with E-state index in [1.807, 2.05) is 75.4 Å². The molecule has 0 unspecified atom stereocenters. The lowest BCUT2D eigenvalue weighted by Crippen LogP contribution is -2.59. The van der Waals surface area contributed by atoms with E-state index in [9.17, 15) is 22.8 Å². The fourth-order valence-corrected chi connectivity index (χ4v) is 7.64. The minimum Gasteiger partial charge on any atom is -0.497 e. The molecule has 0 radical (unpaired) electrons. The summed E-state index contributed by atoms with van der Waals surface area (Å²) in [5, 5.41) is 2.92. The van der Waals surface area contributed by atoms with E-state index >= 15 is 0 Å². The second-order valence-electron chi connectivity index (χ2n) is 14.3. The van der Waals surface area contributed by atoms with Crippen molar-refractivity contribution in [1.82, 2.24) is 19.9 Å². The molecule has 2 saturated carbocycles. The molecule has 2 heterocycles. The molecule has 5 atom stereocenters. The molecule has 1 aromatic heterocycles. The molecule has 12 nitrogen and oxygen atoms in total. The van der Waals surface area contributed by atoms with Gasteiger partial charge < -0.3 is 25.4 Å². The molecular weight excluding hydrogens is 717 g/mol. The van der Waals surface area contributed by atoms with E-state index < -0.39 is 68.1 Å². The molecular formula is C36H45Cl2N5O7S. The van der Waals surface area contributed by atoms with Crippen LogP contribution in [0.2, 0.25) is 0 Å². The number of likely N-dealkylation sites (tertiary alicyclic amines) is 1. The number of fused-ring (bicyclic) bond motifs is 1. The number of sulfonamides is 1. The maximum absolute atomic E-state index is 14.1. The number of methoxy groups -OCH3 is 1. The van der Waals surface area contributed by atoms with Crippen molar-refractivity contribution in [1.29, 1.82) is 0 Å². The number of carbonyl (C=O) groups excluding carboxylic acids is 3. The number of benzene rings is 2. The van der Waals surface area contributed by atoms with Gasteiger partial charge in [0.05, 0.1) is 36.2 Å². The zero-order chi connectivity index (χ0) is 35.3. The van der Waals surface area contributed by atoms with Crippen LogP contribution in [0.3, 0.4) is 0 Å². The van der Waals surface area contributed by atoms with Gasteiger partial charge in [-0.25, -0.2) is 13.4 Å². The number of pyridine rings is 1. The van der Waals surface area contributed by atoms with Gasteiger partial charge in [-0.1, -0.05) is 57.2 Å². The molecule has 4 N–H and O–H groups in total. The normalized spacial score (nSPS) is 23.2. The molecule has 2 aromatic carbocycles. The average Bonchev–Trinajstić information content (AvgIpc) is 4.00. The largest absolute Gasteiger partial charge is 0.497 e. The predicted molar refractivity (Wildman–Crippen MR) is 199 cm³/mol. The third kappa shape index (κ3) is 8.11. The van der Waals surface area contributed by atoms with Crippen LogP contribution in [0.4, 0.5) is 0 Å². The Hall–Kier alpha value is -3.91. The summed E-state index contributed by atoms with van der Waals surface area (Å²) >= 11 is 0. The van der Waals surface area contributed by atoms with Gasteiger partial charge in [0, 0.05) is 35.4 Å². The number of carbonyl (C=O) groups is 3. The summed E-state index contributed by atoms with van der Waals surface area (Å²) < 4.78 is 39.5. The van der Waals surface area contributed by atoms with E-state index in [1.165, 1.54) is 11.0 Å². The van der Waals surface area contributed by atoms with Gasteiger partial charge in [-0.3, -0.25) is 19.1 Å². The number of nitrogens with zero attached hydrogens (tertiary/aromatic N) is 2. The number of aromatic nitrogens is 1. The zero-order valence-electron chi connectivity index (χ0n) is 29.0. The minimum atomic E-state index is -3.86. The smallest absolute Gasteiger partial charge is 0.259 e. The number of halogens is 2. The number of hydrogen-bond donors (Lipinski definition) is 3. The van der Waals surface area contributed by atoms with Gasteiger partial charge in [-0.05, 0) is 36.8 Å². The maximum Gasteiger partial charge on any atom is 0.259 e. The van der Waals surface area contributed by atoms with Crippen molar-refractivity contribution in [3.05, 3.63) is 67.3 Å². The van der Waals surface area contributed by atoms with Crippen molar-refractivity contribution >= 4 is 63.5 Å². The molecule has 3 aliphatic rings. The Morgan fingerprint density at radius 2 is 1.78 bits per heavy atom. The van der Waals surface area contributed by atoms with Gasteiger partial charge >= 0.3 is 0 Å². The topological polar surface area (TPSA) is 170 Å². The fourth-order valence-electron chi connectivity index (χ4n) is 6.28. The van der Waals surface area contributed by atoms with Crippen molar-refractivity contribution < 1.29 is 32.3 Å². The van der Waals surface area contributed by atoms with Gasteiger partial charge in [0.1, 0.15) is 29.2 Å². The van der Waals surface area contributed by atoms with Crippen molar-refractivity contribution in [3.8, 4) is 22.8 Å². The van der Waals surface area contributed by atoms with Crippen LogP contribution in [0.25, 0.3) is 22.2 Å². The van der Waals surface area contributed by atoms with Gasteiger partial charge in [0.15, 0.2) is 0 Å². The highest BCUT2D eigenvalue weighted by Gasteiger charge is 2.62. The van der Waals surface area contributed by atoms with Crippen LogP contribution in [0.5, 0.6) is 11.5 Å². The molecule has 15 heteroatoms. The Labute approximate surface area is 310 Å².